The lowest BCUT2D eigenvalue weighted by atomic mass is 10.2. The average Bonchev–Trinajstić information content (AvgIpc) is 2.41. The van der Waals surface area contributed by atoms with Crippen LogP contribution in [0.4, 0.5) is 14.9 Å². The van der Waals surface area contributed by atoms with E-state index >= 15 is 0 Å². The first-order valence-corrected chi connectivity index (χ1v) is 6.48. The number of nitrogens with one attached hydrogen (secondary N) is 2. The van der Waals surface area contributed by atoms with Gasteiger partial charge in [0.15, 0.2) is 0 Å². The molecular weight excluding hydrogens is 311 g/mol. The Kier molecular flexibility index (Phi) is 4.52. The number of anilines is 1. The second kappa shape index (κ2) is 6.33. The van der Waals surface area contributed by atoms with Gasteiger partial charge in [-0.3, -0.25) is 0 Å². The molecule has 0 heterocycles. The zero-order chi connectivity index (χ0) is 13.7. The van der Waals surface area contributed by atoms with Crippen molar-refractivity contribution in [1.29, 1.82) is 0 Å². The predicted octanol–water partition coefficient (Wildman–Crippen LogP) is 3.91. The van der Waals surface area contributed by atoms with Gasteiger partial charge >= 0.3 is 6.03 Å². The average molecular weight is 323 g/mol. The van der Waals surface area contributed by atoms with Crippen LogP contribution in [0.25, 0.3) is 0 Å². The molecular formula is C14H12BrFN2O. The van der Waals surface area contributed by atoms with Crippen molar-refractivity contribution in [1.82, 2.24) is 5.32 Å². The highest BCUT2D eigenvalue weighted by atomic mass is 79.9. The van der Waals surface area contributed by atoms with E-state index in [1.54, 1.807) is 12.1 Å². The number of carbonyl (C=O) groups is 1. The van der Waals surface area contributed by atoms with Crippen molar-refractivity contribution in [3.05, 3.63) is 64.4 Å². The van der Waals surface area contributed by atoms with Gasteiger partial charge < -0.3 is 10.6 Å². The van der Waals surface area contributed by atoms with E-state index in [1.165, 1.54) is 12.1 Å². The fourth-order valence-corrected chi connectivity index (χ4v) is 1.78. The molecule has 0 aliphatic rings. The van der Waals surface area contributed by atoms with E-state index in [2.05, 4.69) is 26.6 Å². The number of hydrogen-bond donors (Lipinski definition) is 2. The first-order valence-electron chi connectivity index (χ1n) is 5.69. The maximum Gasteiger partial charge on any atom is 0.319 e. The van der Waals surface area contributed by atoms with Crippen molar-refractivity contribution >= 4 is 27.6 Å². The van der Waals surface area contributed by atoms with Crippen LogP contribution in [0.15, 0.2) is 53.0 Å². The normalized spacial score (nSPS) is 10.0. The lowest BCUT2D eigenvalue weighted by molar-refractivity contribution is 0.251. The SMILES string of the molecule is O=C(NCc1ccc(Br)cc1)Nc1ccccc1F. The van der Waals surface area contributed by atoms with Gasteiger partial charge in [0.05, 0.1) is 5.69 Å². The Morgan fingerprint density at radius 1 is 1.11 bits per heavy atom. The van der Waals surface area contributed by atoms with Crippen LogP contribution in [-0.4, -0.2) is 6.03 Å². The van der Waals surface area contributed by atoms with E-state index in [9.17, 15) is 9.18 Å². The summed E-state index contributed by atoms with van der Waals surface area (Å²) in [7, 11) is 0. The Labute approximate surface area is 119 Å². The molecule has 0 saturated carbocycles. The number of hydrogen-bond acceptors (Lipinski definition) is 1. The molecule has 0 aliphatic carbocycles. The van der Waals surface area contributed by atoms with Crippen LogP contribution in [0.3, 0.4) is 0 Å². The predicted molar refractivity (Wildman–Crippen MR) is 76.4 cm³/mol. The zero-order valence-electron chi connectivity index (χ0n) is 9.99. The summed E-state index contributed by atoms with van der Waals surface area (Å²) in [5.41, 5.74) is 1.13. The summed E-state index contributed by atoms with van der Waals surface area (Å²) >= 11 is 3.34. The van der Waals surface area contributed by atoms with Crippen LogP contribution in [0.1, 0.15) is 5.56 Å². The number of para-hydroxylation sites is 1. The summed E-state index contributed by atoms with van der Waals surface area (Å²) in [6.07, 6.45) is 0. The van der Waals surface area contributed by atoms with Crippen LogP contribution in [-0.2, 0) is 6.54 Å². The molecule has 0 spiro atoms. The smallest absolute Gasteiger partial charge is 0.319 e. The molecule has 0 unspecified atom stereocenters. The highest BCUT2D eigenvalue weighted by Gasteiger charge is 2.05. The fourth-order valence-electron chi connectivity index (χ4n) is 1.51. The molecule has 5 heteroatoms. The molecule has 2 N–H and O–H groups in total. The summed E-state index contributed by atoms with van der Waals surface area (Å²) in [5.74, 6) is -0.457. The number of carbonyl (C=O) groups excluding carboxylic acids is 1. The third-order valence-corrected chi connectivity index (χ3v) is 3.02. The van der Waals surface area contributed by atoms with E-state index in [-0.39, 0.29) is 5.69 Å². The molecule has 0 aliphatic heterocycles. The molecule has 0 bridgehead atoms. The maximum atomic E-state index is 13.3. The Morgan fingerprint density at radius 2 is 1.79 bits per heavy atom. The number of rotatable bonds is 3. The molecule has 0 atom stereocenters. The summed E-state index contributed by atoms with van der Waals surface area (Å²) in [4.78, 5) is 11.6. The van der Waals surface area contributed by atoms with Gasteiger partial charge in [0.1, 0.15) is 5.82 Å². The highest BCUT2D eigenvalue weighted by molar-refractivity contribution is 9.10. The molecule has 0 aromatic heterocycles. The second-order valence-electron chi connectivity index (χ2n) is 3.91. The van der Waals surface area contributed by atoms with Crippen LogP contribution >= 0.6 is 15.9 Å². The molecule has 0 fully saturated rings. The van der Waals surface area contributed by atoms with Crippen molar-refractivity contribution in [2.45, 2.75) is 6.54 Å². The lowest BCUT2D eigenvalue weighted by Crippen LogP contribution is -2.28. The van der Waals surface area contributed by atoms with Crippen LogP contribution in [0.5, 0.6) is 0 Å². The molecule has 3 nitrogen and oxygen atoms in total. The molecule has 0 saturated heterocycles. The topological polar surface area (TPSA) is 41.1 Å². The van der Waals surface area contributed by atoms with Gasteiger partial charge in [0, 0.05) is 11.0 Å². The minimum atomic E-state index is -0.457. The summed E-state index contributed by atoms with van der Waals surface area (Å²) in [6, 6.07) is 13.2. The van der Waals surface area contributed by atoms with Crippen LogP contribution < -0.4 is 10.6 Å². The first-order chi connectivity index (χ1) is 9.15. The van der Waals surface area contributed by atoms with Crippen LogP contribution in [0.2, 0.25) is 0 Å². The summed E-state index contributed by atoms with van der Waals surface area (Å²) < 4.78 is 14.3. The van der Waals surface area contributed by atoms with Gasteiger partial charge in [-0.2, -0.15) is 0 Å². The van der Waals surface area contributed by atoms with Crippen molar-refractivity contribution in [2.75, 3.05) is 5.32 Å². The molecule has 98 valence electrons. The monoisotopic (exact) mass is 322 g/mol. The van der Waals surface area contributed by atoms with E-state index in [0.717, 1.165) is 10.0 Å². The number of urea groups is 1. The van der Waals surface area contributed by atoms with E-state index < -0.39 is 11.8 Å². The molecule has 2 aromatic carbocycles. The van der Waals surface area contributed by atoms with E-state index in [1.807, 2.05) is 24.3 Å². The second-order valence-corrected chi connectivity index (χ2v) is 4.83. The molecule has 2 rings (SSSR count). The molecule has 0 radical (unpaired) electrons. The lowest BCUT2D eigenvalue weighted by Gasteiger charge is -2.08. The Hall–Kier alpha value is -1.88. The Bertz CT molecular complexity index is 572. The van der Waals surface area contributed by atoms with Gasteiger partial charge in [0.2, 0.25) is 0 Å². The zero-order valence-corrected chi connectivity index (χ0v) is 11.6. The largest absolute Gasteiger partial charge is 0.334 e. The number of amides is 2. The van der Waals surface area contributed by atoms with E-state index in [0.29, 0.717) is 6.54 Å². The van der Waals surface area contributed by atoms with Crippen molar-refractivity contribution < 1.29 is 9.18 Å². The van der Waals surface area contributed by atoms with Gasteiger partial charge in [-0.05, 0) is 29.8 Å². The van der Waals surface area contributed by atoms with Crippen molar-refractivity contribution in [3.63, 3.8) is 0 Å². The van der Waals surface area contributed by atoms with Gasteiger partial charge in [-0.25, -0.2) is 9.18 Å². The van der Waals surface area contributed by atoms with Gasteiger partial charge in [-0.1, -0.05) is 40.2 Å². The highest BCUT2D eigenvalue weighted by Crippen LogP contribution is 2.12. The number of halogens is 2. The van der Waals surface area contributed by atoms with Crippen LogP contribution in [0, 0.1) is 5.82 Å². The van der Waals surface area contributed by atoms with E-state index in [4.69, 9.17) is 0 Å². The maximum absolute atomic E-state index is 13.3. The minimum Gasteiger partial charge on any atom is -0.334 e. The molecule has 2 amide bonds. The quantitative estimate of drug-likeness (QED) is 0.883. The van der Waals surface area contributed by atoms with Gasteiger partial charge in [-0.15, -0.1) is 0 Å². The molecule has 2 aromatic rings. The summed E-state index contributed by atoms with van der Waals surface area (Å²) in [5, 5.41) is 5.12. The van der Waals surface area contributed by atoms with Crippen molar-refractivity contribution in [2.24, 2.45) is 0 Å². The van der Waals surface area contributed by atoms with Gasteiger partial charge in [0.25, 0.3) is 0 Å². The molecule has 19 heavy (non-hydrogen) atoms. The standard InChI is InChI=1S/C14H12BrFN2O/c15-11-7-5-10(6-8-11)9-17-14(19)18-13-4-2-1-3-12(13)16/h1-8H,9H2,(H2,17,18,19). The third-order valence-electron chi connectivity index (χ3n) is 2.49. The number of benzene rings is 2. The van der Waals surface area contributed by atoms with Crippen molar-refractivity contribution in [3.8, 4) is 0 Å². The Morgan fingerprint density at radius 3 is 2.47 bits per heavy atom. The minimum absolute atomic E-state index is 0.163. The third kappa shape index (κ3) is 4.06. The first kappa shape index (κ1) is 13.5. The summed E-state index contributed by atoms with van der Waals surface area (Å²) in [6.45, 7) is 0.383. The Balaban J connectivity index is 1.88. The fraction of sp³-hybridized carbons (Fsp3) is 0.0714.